The fourth-order valence-corrected chi connectivity index (χ4v) is 3.72. The van der Waals surface area contributed by atoms with Gasteiger partial charge in [0.25, 0.3) is 0 Å². The van der Waals surface area contributed by atoms with E-state index in [1.807, 2.05) is 0 Å². The van der Waals surface area contributed by atoms with Gasteiger partial charge in [0.15, 0.2) is 0 Å². The molecule has 2 fully saturated rings. The van der Waals surface area contributed by atoms with E-state index < -0.39 is 0 Å². The quantitative estimate of drug-likeness (QED) is 0.703. The minimum absolute atomic E-state index is 0.856. The molecule has 0 saturated heterocycles. The topological polar surface area (TPSA) is 3.24 Å². The van der Waals surface area contributed by atoms with Gasteiger partial charge >= 0.3 is 99.3 Å². The summed E-state index contributed by atoms with van der Waals surface area (Å²) in [4.78, 5) is 0. The number of rotatable bonds is 2. The van der Waals surface area contributed by atoms with Crippen LogP contribution in [0, 0.1) is 0 Å². The molecule has 85 valence electrons. The molecule has 2 saturated carbocycles. The van der Waals surface area contributed by atoms with Crippen LogP contribution in [0.25, 0.3) is 0 Å². The second kappa shape index (κ2) is 5.64. The van der Waals surface area contributed by atoms with Crippen molar-refractivity contribution in [2.45, 2.75) is 76.3 Å². The monoisotopic (exact) mass is 286 g/mol. The van der Waals surface area contributed by atoms with Crippen molar-refractivity contribution >= 4 is 0 Å². The van der Waals surface area contributed by atoms with Gasteiger partial charge in [0.05, 0.1) is 0 Å². The van der Waals surface area contributed by atoms with E-state index in [2.05, 4.69) is 23.0 Å². The second-order valence-electron chi connectivity index (χ2n) is 4.90. The van der Waals surface area contributed by atoms with E-state index >= 15 is 0 Å². The molecular weight excluding hydrogens is 265 g/mol. The van der Waals surface area contributed by atoms with Gasteiger partial charge in [-0.2, -0.15) is 0 Å². The molecule has 14 heavy (non-hydrogen) atoms. The third kappa shape index (κ3) is 2.81. The molecule has 0 aromatic heterocycles. The van der Waals surface area contributed by atoms with Crippen LogP contribution in [-0.4, -0.2) is 15.6 Å². The third-order valence-corrected chi connectivity index (χ3v) is 4.94. The summed E-state index contributed by atoms with van der Waals surface area (Å²) >= 11 is 3.54. The summed E-state index contributed by atoms with van der Waals surface area (Å²) in [5, 5.41) is 0. The van der Waals surface area contributed by atoms with Crippen molar-refractivity contribution < 1.29 is 19.4 Å². The summed E-state index contributed by atoms with van der Waals surface area (Å²) < 4.78 is 2.57. The van der Waals surface area contributed by atoms with Crippen molar-refractivity contribution in [1.82, 2.24) is 3.53 Å². The first-order valence-corrected chi connectivity index (χ1v) is 6.99. The average Bonchev–Trinajstić information content (AvgIpc) is 2.30. The molecule has 2 rings (SSSR count). The Bertz CT molecular complexity index is 142. The van der Waals surface area contributed by atoms with Crippen molar-refractivity contribution in [3.05, 3.63) is 0 Å². The molecule has 0 aromatic rings. The van der Waals surface area contributed by atoms with Crippen LogP contribution in [0.3, 0.4) is 0 Å². The molecule has 0 aliphatic heterocycles. The van der Waals surface area contributed by atoms with E-state index in [4.69, 9.17) is 0 Å². The summed E-state index contributed by atoms with van der Waals surface area (Å²) in [6, 6.07) is 1.71. The summed E-state index contributed by atoms with van der Waals surface area (Å²) in [6.07, 6.45) is 14.4. The number of hydrogen-bond donors (Lipinski definition) is 0. The summed E-state index contributed by atoms with van der Waals surface area (Å²) in [6.45, 7) is 0. The van der Waals surface area contributed by atoms with Gasteiger partial charge in [-0.3, -0.25) is 0 Å². The predicted molar refractivity (Wildman–Crippen MR) is 55.6 cm³/mol. The Morgan fingerprint density at radius 2 is 1.00 bits per heavy atom. The summed E-state index contributed by atoms with van der Waals surface area (Å²) in [5.74, 6) is 0. The first-order chi connectivity index (χ1) is 6.88. The molecule has 0 N–H and O–H groups in total. The molecule has 0 spiro atoms. The molecule has 2 aliphatic carbocycles. The average molecular weight is 287 g/mol. The molecule has 0 bridgehead atoms. The predicted octanol–water partition coefficient (Wildman–Crippen LogP) is 3.42. The molecule has 2 aliphatic rings. The summed E-state index contributed by atoms with van der Waals surface area (Å²) in [5.41, 5.74) is 0. The van der Waals surface area contributed by atoms with Gasteiger partial charge in [0.1, 0.15) is 0 Å². The van der Waals surface area contributed by atoms with Crippen LogP contribution in [0.2, 0.25) is 0 Å². The van der Waals surface area contributed by atoms with E-state index in [0.717, 1.165) is 12.1 Å². The van der Waals surface area contributed by atoms with E-state index in [9.17, 15) is 0 Å². The molecular formula is C12H22NPd. The molecule has 2 heteroatoms. The van der Waals surface area contributed by atoms with E-state index in [1.165, 1.54) is 64.2 Å². The van der Waals surface area contributed by atoms with Crippen molar-refractivity contribution in [3.63, 3.8) is 0 Å². The van der Waals surface area contributed by atoms with E-state index in [0.29, 0.717) is 0 Å². The zero-order valence-corrected chi connectivity index (χ0v) is 10.5. The van der Waals surface area contributed by atoms with Crippen molar-refractivity contribution in [1.29, 1.82) is 0 Å². The molecule has 0 atom stereocenters. The third-order valence-electron chi connectivity index (χ3n) is 3.80. The number of nitrogens with zero attached hydrogens (tertiary/aromatic N) is 1. The van der Waals surface area contributed by atoms with Crippen molar-refractivity contribution in [3.8, 4) is 0 Å². The maximum absolute atomic E-state index is 3.54. The Morgan fingerprint density at radius 1 is 0.643 bits per heavy atom. The number of hydrogen-bond acceptors (Lipinski definition) is 1. The van der Waals surface area contributed by atoms with Crippen LogP contribution in [0.4, 0.5) is 0 Å². The van der Waals surface area contributed by atoms with Gasteiger partial charge in [-0.05, 0) is 0 Å². The molecule has 0 radical (unpaired) electrons. The Balaban J connectivity index is 1.82. The zero-order chi connectivity index (χ0) is 9.80. The Morgan fingerprint density at radius 3 is 1.36 bits per heavy atom. The van der Waals surface area contributed by atoms with Gasteiger partial charge in [0, 0.05) is 0 Å². The normalized spacial score (nSPS) is 27.1. The van der Waals surface area contributed by atoms with Crippen LogP contribution < -0.4 is 0 Å². The van der Waals surface area contributed by atoms with Gasteiger partial charge in [-0.15, -0.1) is 0 Å². The van der Waals surface area contributed by atoms with Gasteiger partial charge < -0.3 is 0 Å². The second-order valence-corrected chi connectivity index (χ2v) is 5.70. The molecule has 0 aromatic carbocycles. The van der Waals surface area contributed by atoms with E-state index in [-0.39, 0.29) is 0 Å². The fourth-order valence-electron chi connectivity index (χ4n) is 2.92. The first kappa shape index (κ1) is 11.1. The van der Waals surface area contributed by atoms with Gasteiger partial charge in [-0.25, -0.2) is 0 Å². The van der Waals surface area contributed by atoms with Gasteiger partial charge in [0.2, 0.25) is 0 Å². The van der Waals surface area contributed by atoms with Crippen LogP contribution >= 0.6 is 0 Å². The Hall–Kier alpha value is 0.622. The summed E-state index contributed by atoms with van der Waals surface area (Å²) in [7, 11) is 0. The van der Waals surface area contributed by atoms with Crippen molar-refractivity contribution in [2.75, 3.05) is 0 Å². The molecule has 0 amide bonds. The van der Waals surface area contributed by atoms with Crippen LogP contribution in [0.5, 0.6) is 0 Å². The Labute approximate surface area is 99.3 Å². The molecule has 0 unspecified atom stereocenters. The Kier molecular flexibility index (Phi) is 4.48. The minimum atomic E-state index is 0.856. The SMILES string of the molecule is [Pd][N](C1CCCCC1)C1CCCCC1. The fraction of sp³-hybridized carbons (Fsp3) is 1.00. The van der Waals surface area contributed by atoms with Crippen LogP contribution in [-0.2, 0) is 19.4 Å². The molecule has 1 nitrogen and oxygen atoms in total. The molecule has 0 heterocycles. The van der Waals surface area contributed by atoms with Crippen molar-refractivity contribution in [2.24, 2.45) is 0 Å². The maximum atomic E-state index is 3.54. The zero-order valence-electron chi connectivity index (χ0n) is 8.99. The van der Waals surface area contributed by atoms with Crippen LogP contribution in [0.1, 0.15) is 64.2 Å². The first-order valence-electron chi connectivity index (χ1n) is 6.29. The van der Waals surface area contributed by atoms with E-state index in [1.54, 1.807) is 0 Å². The standard InChI is InChI=1S/C12H22N.Pd/c1-3-7-11(8-4-1)13-12-9-5-2-6-10-12;/h11-12H,1-10H2;/q-1;+1. The van der Waals surface area contributed by atoms with Crippen LogP contribution in [0.15, 0.2) is 0 Å². The van der Waals surface area contributed by atoms with Gasteiger partial charge in [-0.1, -0.05) is 0 Å².